The average molecular weight is 629 g/mol. The van der Waals surface area contributed by atoms with Crippen molar-refractivity contribution in [3.05, 3.63) is 208 Å². The van der Waals surface area contributed by atoms with Gasteiger partial charge in [-0.2, -0.15) is 0 Å². The number of hydrogen-bond acceptors (Lipinski definition) is 0. The molecule has 0 bridgehead atoms. The van der Waals surface area contributed by atoms with Crippen molar-refractivity contribution in [1.82, 2.24) is 0 Å². The molecule has 7 aromatic carbocycles. The van der Waals surface area contributed by atoms with E-state index in [1.54, 1.807) is 0 Å². The molecule has 0 heterocycles. The van der Waals surface area contributed by atoms with Crippen molar-refractivity contribution in [1.29, 1.82) is 0 Å². The third kappa shape index (κ3) is 4.58. The standard InChI is InChI=1S/C49H40/c1-3-33-22-27-42-43-28-23-34(4-2)31-45(43)48(44(42)30-33)49(39-17-7-5-8-18-39,40-19-9-6-10-20-40)46-29-26-36-16-13-21-41(47(36)46)38-25-24-35-14-11-12-15-37(35)32-38/h5-32,46,48H,3-4H2,1-2H3. The van der Waals surface area contributed by atoms with Crippen LogP contribution < -0.4 is 0 Å². The number of allylic oxidation sites excluding steroid dienone is 1. The van der Waals surface area contributed by atoms with E-state index in [1.807, 2.05) is 0 Å². The van der Waals surface area contributed by atoms with Gasteiger partial charge in [0.1, 0.15) is 0 Å². The maximum absolute atomic E-state index is 2.53. The van der Waals surface area contributed by atoms with Gasteiger partial charge in [-0.25, -0.2) is 0 Å². The van der Waals surface area contributed by atoms with Gasteiger partial charge in [0.15, 0.2) is 0 Å². The summed E-state index contributed by atoms with van der Waals surface area (Å²) in [7, 11) is 0. The van der Waals surface area contributed by atoms with Crippen LogP contribution in [0.3, 0.4) is 0 Å². The monoisotopic (exact) mass is 628 g/mol. The first-order valence-electron chi connectivity index (χ1n) is 17.9. The summed E-state index contributed by atoms with van der Waals surface area (Å²) in [6.45, 7) is 4.56. The van der Waals surface area contributed by atoms with Crippen LogP contribution in [-0.4, -0.2) is 0 Å². The van der Waals surface area contributed by atoms with E-state index in [2.05, 4.69) is 184 Å². The molecule has 2 aliphatic rings. The van der Waals surface area contributed by atoms with Gasteiger partial charge in [-0.15, -0.1) is 0 Å². The minimum atomic E-state index is -0.435. The molecule has 9 rings (SSSR count). The van der Waals surface area contributed by atoms with Gasteiger partial charge in [-0.05, 0) is 96.4 Å². The molecule has 0 amide bonds. The van der Waals surface area contributed by atoms with Crippen LogP contribution in [0, 0.1) is 0 Å². The molecule has 49 heavy (non-hydrogen) atoms. The molecule has 0 saturated carbocycles. The van der Waals surface area contributed by atoms with Crippen LogP contribution in [0.1, 0.15) is 70.2 Å². The molecule has 7 aromatic rings. The fraction of sp³-hybridized carbons (Fsp3) is 0.143. The third-order valence-electron chi connectivity index (χ3n) is 11.4. The first-order chi connectivity index (χ1) is 24.2. The van der Waals surface area contributed by atoms with Gasteiger partial charge < -0.3 is 0 Å². The summed E-state index contributed by atoms with van der Waals surface area (Å²) >= 11 is 0. The number of hydrogen-bond donors (Lipinski definition) is 0. The highest BCUT2D eigenvalue weighted by Crippen LogP contribution is 2.64. The molecule has 1 unspecified atom stereocenters. The maximum Gasteiger partial charge on any atom is 0.0415 e. The lowest BCUT2D eigenvalue weighted by Gasteiger charge is -2.46. The smallest absolute Gasteiger partial charge is 0.0415 e. The Morgan fingerprint density at radius 3 is 1.69 bits per heavy atom. The Morgan fingerprint density at radius 1 is 0.490 bits per heavy atom. The van der Waals surface area contributed by atoms with Gasteiger partial charge in [0, 0.05) is 17.3 Å². The zero-order valence-electron chi connectivity index (χ0n) is 28.2. The molecule has 0 N–H and O–H groups in total. The Kier molecular flexibility index (Phi) is 7.20. The summed E-state index contributed by atoms with van der Waals surface area (Å²) in [5.41, 5.74) is 16.0. The van der Waals surface area contributed by atoms with Gasteiger partial charge >= 0.3 is 0 Å². The third-order valence-corrected chi connectivity index (χ3v) is 11.4. The predicted molar refractivity (Wildman–Crippen MR) is 207 cm³/mol. The van der Waals surface area contributed by atoms with Crippen molar-refractivity contribution in [2.45, 2.75) is 43.9 Å². The topological polar surface area (TPSA) is 0 Å². The zero-order chi connectivity index (χ0) is 33.0. The number of aryl methyl sites for hydroxylation is 2. The highest BCUT2D eigenvalue weighted by Gasteiger charge is 2.53. The summed E-state index contributed by atoms with van der Waals surface area (Å²) in [6.07, 6.45) is 6.95. The Morgan fingerprint density at radius 2 is 1.08 bits per heavy atom. The predicted octanol–water partition coefficient (Wildman–Crippen LogP) is 12.5. The van der Waals surface area contributed by atoms with Crippen molar-refractivity contribution < 1.29 is 0 Å². The zero-order valence-corrected chi connectivity index (χ0v) is 28.2. The van der Waals surface area contributed by atoms with Crippen LogP contribution in [0.2, 0.25) is 0 Å². The van der Waals surface area contributed by atoms with Crippen molar-refractivity contribution in [3.63, 3.8) is 0 Å². The van der Waals surface area contributed by atoms with Crippen LogP contribution >= 0.6 is 0 Å². The molecule has 1 atom stereocenters. The van der Waals surface area contributed by atoms with Crippen LogP contribution in [-0.2, 0) is 18.3 Å². The Balaban J connectivity index is 1.40. The number of rotatable bonds is 7. The summed E-state index contributed by atoms with van der Waals surface area (Å²) < 4.78 is 0. The molecule has 0 fully saturated rings. The highest BCUT2D eigenvalue weighted by molar-refractivity contribution is 5.90. The minimum absolute atomic E-state index is 0.0781. The van der Waals surface area contributed by atoms with Gasteiger partial charge in [0.25, 0.3) is 0 Å². The lowest BCUT2D eigenvalue weighted by Crippen LogP contribution is -2.40. The fourth-order valence-electron chi connectivity index (χ4n) is 9.12. The largest absolute Gasteiger partial charge is 0.0751 e. The fourth-order valence-corrected chi connectivity index (χ4v) is 9.12. The Bertz CT molecular complexity index is 2270. The normalized spacial score (nSPS) is 14.9. The van der Waals surface area contributed by atoms with Crippen LogP contribution in [0.15, 0.2) is 164 Å². The maximum atomic E-state index is 2.53. The molecule has 2 aliphatic carbocycles. The van der Waals surface area contributed by atoms with Gasteiger partial charge in [0.2, 0.25) is 0 Å². The number of benzene rings is 7. The number of fused-ring (bicyclic) bond motifs is 5. The SMILES string of the molecule is CCc1ccc2c(c1)C(C(c1ccccc1)(c1ccccc1)C1C=Cc3cccc(-c4ccc5ccccc5c4)c31)c1cc(CC)ccc1-2. The van der Waals surface area contributed by atoms with E-state index in [-0.39, 0.29) is 11.8 Å². The molecule has 0 heteroatoms. The van der Waals surface area contributed by atoms with E-state index in [1.165, 1.54) is 77.5 Å². The first kappa shape index (κ1) is 29.7. The Labute approximate surface area is 290 Å². The van der Waals surface area contributed by atoms with Gasteiger partial charge in [-0.1, -0.05) is 178 Å². The highest BCUT2D eigenvalue weighted by atomic mass is 14.5. The quantitative estimate of drug-likeness (QED) is 0.165. The first-order valence-corrected chi connectivity index (χ1v) is 17.9. The summed E-state index contributed by atoms with van der Waals surface area (Å²) in [5.74, 6) is 0.180. The second-order valence-electron chi connectivity index (χ2n) is 13.8. The molecule has 0 saturated heterocycles. The molecule has 0 aliphatic heterocycles. The van der Waals surface area contributed by atoms with Crippen LogP contribution in [0.5, 0.6) is 0 Å². The summed E-state index contributed by atoms with van der Waals surface area (Å²) in [5, 5.41) is 2.55. The average Bonchev–Trinajstić information content (AvgIpc) is 3.75. The molecular weight excluding hydrogens is 589 g/mol. The van der Waals surface area contributed by atoms with Crippen molar-refractivity contribution in [2.24, 2.45) is 0 Å². The molecule has 236 valence electrons. The molecule has 0 spiro atoms. The molecular formula is C49H40. The van der Waals surface area contributed by atoms with Crippen LogP contribution in [0.25, 0.3) is 39.1 Å². The minimum Gasteiger partial charge on any atom is -0.0751 e. The molecule has 0 nitrogen and oxygen atoms in total. The van der Waals surface area contributed by atoms with Crippen LogP contribution in [0.4, 0.5) is 0 Å². The van der Waals surface area contributed by atoms with E-state index in [9.17, 15) is 0 Å². The van der Waals surface area contributed by atoms with E-state index in [0.29, 0.717) is 0 Å². The van der Waals surface area contributed by atoms with Crippen molar-refractivity contribution in [2.75, 3.05) is 0 Å². The van der Waals surface area contributed by atoms with Crippen molar-refractivity contribution >= 4 is 16.8 Å². The second-order valence-corrected chi connectivity index (χ2v) is 13.8. The van der Waals surface area contributed by atoms with E-state index in [0.717, 1.165) is 12.8 Å². The van der Waals surface area contributed by atoms with Gasteiger partial charge in [-0.3, -0.25) is 0 Å². The lowest BCUT2D eigenvalue weighted by atomic mass is 9.55. The lowest BCUT2D eigenvalue weighted by molar-refractivity contribution is 0.417. The second kappa shape index (κ2) is 11.9. The van der Waals surface area contributed by atoms with E-state index in [4.69, 9.17) is 0 Å². The summed E-state index contributed by atoms with van der Waals surface area (Å²) in [4.78, 5) is 0. The summed E-state index contributed by atoms with van der Waals surface area (Å²) in [6, 6.07) is 60.0. The molecule has 0 aromatic heterocycles. The van der Waals surface area contributed by atoms with E-state index < -0.39 is 5.41 Å². The molecule has 0 radical (unpaired) electrons. The van der Waals surface area contributed by atoms with Gasteiger partial charge in [0.05, 0.1) is 0 Å². The van der Waals surface area contributed by atoms with E-state index >= 15 is 0 Å². The van der Waals surface area contributed by atoms with Crippen molar-refractivity contribution in [3.8, 4) is 22.3 Å². The Hall–Kier alpha value is -5.46.